The number of hydrogen-bond donors (Lipinski definition) is 2. The van der Waals surface area contributed by atoms with E-state index >= 15 is 0 Å². The lowest BCUT2D eigenvalue weighted by Gasteiger charge is -2.34. The Balaban J connectivity index is 1.35. The van der Waals surface area contributed by atoms with E-state index in [1.54, 1.807) is 0 Å². The molecule has 144 valence electrons. The summed E-state index contributed by atoms with van der Waals surface area (Å²) in [6.45, 7) is 3.98. The topological polar surface area (TPSA) is 111 Å². The van der Waals surface area contributed by atoms with E-state index in [4.69, 9.17) is 16.2 Å². The standard InChI is InChI=1S/C19H26N6O2/c20-17-16-14(22-18(21)23-17)4-3-5-15(16)27-12-13-6-10-25(11-7-13)19(26)24-8-1-2-9-24/h3-5,13H,1-2,6-12H2,(H4,20,21,22,23). The van der Waals surface area contributed by atoms with Crippen molar-refractivity contribution in [3.8, 4) is 5.75 Å². The van der Waals surface area contributed by atoms with Crippen molar-refractivity contribution in [2.24, 2.45) is 5.92 Å². The maximum absolute atomic E-state index is 12.5. The fourth-order valence-electron chi connectivity index (χ4n) is 3.93. The molecule has 1 aromatic heterocycles. The van der Waals surface area contributed by atoms with Crippen LogP contribution in [-0.4, -0.2) is 58.6 Å². The van der Waals surface area contributed by atoms with Crippen molar-refractivity contribution < 1.29 is 9.53 Å². The number of ether oxygens (including phenoxy) is 1. The number of hydrogen-bond acceptors (Lipinski definition) is 6. The van der Waals surface area contributed by atoms with Crippen molar-refractivity contribution >= 4 is 28.7 Å². The zero-order valence-electron chi connectivity index (χ0n) is 15.4. The van der Waals surface area contributed by atoms with E-state index in [1.165, 1.54) is 0 Å². The van der Waals surface area contributed by atoms with Gasteiger partial charge in [0.05, 0.1) is 17.5 Å². The van der Waals surface area contributed by atoms with Gasteiger partial charge in [-0.1, -0.05) is 6.07 Å². The Labute approximate surface area is 158 Å². The third kappa shape index (κ3) is 3.70. The van der Waals surface area contributed by atoms with E-state index in [0.717, 1.165) is 51.9 Å². The van der Waals surface area contributed by atoms with Crippen molar-refractivity contribution in [2.75, 3.05) is 44.3 Å². The molecule has 2 fully saturated rings. The molecule has 2 aromatic rings. The Morgan fingerprint density at radius 3 is 2.52 bits per heavy atom. The molecule has 8 nitrogen and oxygen atoms in total. The second kappa shape index (κ2) is 7.46. The van der Waals surface area contributed by atoms with Crippen LogP contribution in [0.1, 0.15) is 25.7 Å². The van der Waals surface area contributed by atoms with E-state index in [2.05, 4.69) is 9.97 Å². The normalized spacial score (nSPS) is 18.2. The van der Waals surface area contributed by atoms with E-state index in [0.29, 0.717) is 35.0 Å². The molecule has 27 heavy (non-hydrogen) atoms. The molecule has 0 radical (unpaired) electrons. The third-order valence-electron chi connectivity index (χ3n) is 5.47. The van der Waals surface area contributed by atoms with Gasteiger partial charge in [-0.15, -0.1) is 0 Å². The van der Waals surface area contributed by atoms with Gasteiger partial charge < -0.3 is 26.0 Å². The Bertz CT molecular complexity index is 828. The summed E-state index contributed by atoms with van der Waals surface area (Å²) in [5.74, 6) is 1.59. The number of likely N-dealkylation sites (tertiary alicyclic amines) is 2. The lowest BCUT2D eigenvalue weighted by atomic mass is 9.98. The van der Waals surface area contributed by atoms with Crippen molar-refractivity contribution in [1.82, 2.24) is 19.8 Å². The second-order valence-electron chi connectivity index (χ2n) is 7.34. The molecular weight excluding hydrogens is 344 g/mol. The summed E-state index contributed by atoms with van der Waals surface area (Å²) in [4.78, 5) is 24.7. The largest absolute Gasteiger partial charge is 0.492 e. The fraction of sp³-hybridized carbons (Fsp3) is 0.526. The van der Waals surface area contributed by atoms with Gasteiger partial charge in [-0.2, -0.15) is 4.98 Å². The van der Waals surface area contributed by atoms with E-state index in [1.807, 2.05) is 28.0 Å². The summed E-state index contributed by atoms with van der Waals surface area (Å²) < 4.78 is 6.06. The lowest BCUT2D eigenvalue weighted by Crippen LogP contribution is -2.46. The molecule has 2 amide bonds. The second-order valence-corrected chi connectivity index (χ2v) is 7.34. The van der Waals surface area contributed by atoms with Crippen molar-refractivity contribution in [3.63, 3.8) is 0 Å². The number of amides is 2. The highest BCUT2D eigenvalue weighted by atomic mass is 16.5. The van der Waals surface area contributed by atoms with Crippen molar-refractivity contribution in [1.29, 1.82) is 0 Å². The highest BCUT2D eigenvalue weighted by Crippen LogP contribution is 2.30. The number of aromatic nitrogens is 2. The number of benzene rings is 1. The summed E-state index contributed by atoms with van der Waals surface area (Å²) in [5, 5.41) is 0.702. The summed E-state index contributed by atoms with van der Waals surface area (Å²) in [6, 6.07) is 5.80. The number of rotatable bonds is 3. The Morgan fingerprint density at radius 2 is 1.78 bits per heavy atom. The SMILES string of the molecule is Nc1nc(N)c2c(OCC3CCN(C(=O)N4CCCC4)CC3)cccc2n1. The van der Waals surface area contributed by atoms with Crippen LogP contribution in [-0.2, 0) is 0 Å². The monoisotopic (exact) mass is 370 g/mol. The number of carbonyl (C=O) groups excluding carboxylic acids is 1. The first kappa shape index (κ1) is 17.6. The number of nitrogens with two attached hydrogens (primary N) is 2. The van der Waals surface area contributed by atoms with Gasteiger partial charge in [-0.25, -0.2) is 9.78 Å². The molecule has 0 aliphatic carbocycles. The first-order chi connectivity index (χ1) is 13.1. The molecule has 0 bridgehead atoms. The summed E-state index contributed by atoms with van der Waals surface area (Å²) in [6.07, 6.45) is 4.14. The third-order valence-corrected chi connectivity index (χ3v) is 5.47. The highest BCUT2D eigenvalue weighted by molar-refractivity contribution is 5.94. The minimum atomic E-state index is 0.159. The van der Waals surface area contributed by atoms with E-state index in [-0.39, 0.29) is 12.0 Å². The minimum absolute atomic E-state index is 0.159. The number of piperidine rings is 1. The maximum Gasteiger partial charge on any atom is 0.319 e. The number of carbonyl (C=O) groups is 1. The molecule has 8 heteroatoms. The molecule has 4 rings (SSSR count). The van der Waals surface area contributed by atoms with Gasteiger partial charge in [0.2, 0.25) is 5.95 Å². The number of nitrogens with zero attached hydrogens (tertiary/aromatic N) is 4. The van der Waals surface area contributed by atoms with Crippen LogP contribution in [0.5, 0.6) is 5.75 Å². The molecule has 3 heterocycles. The molecule has 0 saturated carbocycles. The molecule has 0 atom stereocenters. The van der Waals surface area contributed by atoms with Crippen LogP contribution in [0.3, 0.4) is 0 Å². The minimum Gasteiger partial charge on any atom is -0.492 e. The maximum atomic E-state index is 12.5. The number of anilines is 2. The molecular formula is C19H26N6O2. The summed E-state index contributed by atoms with van der Waals surface area (Å²) in [7, 11) is 0. The highest BCUT2D eigenvalue weighted by Gasteiger charge is 2.28. The van der Waals surface area contributed by atoms with Crippen LogP contribution >= 0.6 is 0 Å². The predicted octanol–water partition coefficient (Wildman–Crippen LogP) is 2.10. The fourth-order valence-corrected chi connectivity index (χ4v) is 3.93. The quantitative estimate of drug-likeness (QED) is 0.856. The zero-order valence-corrected chi connectivity index (χ0v) is 15.4. The van der Waals surface area contributed by atoms with Crippen LogP contribution in [0.15, 0.2) is 18.2 Å². The average molecular weight is 370 g/mol. The first-order valence-electron chi connectivity index (χ1n) is 9.60. The zero-order chi connectivity index (χ0) is 18.8. The molecule has 2 aliphatic rings. The Morgan fingerprint density at radius 1 is 1.07 bits per heavy atom. The molecule has 0 spiro atoms. The van der Waals surface area contributed by atoms with Crippen LogP contribution in [0.25, 0.3) is 10.9 Å². The van der Waals surface area contributed by atoms with Crippen molar-refractivity contribution in [2.45, 2.75) is 25.7 Å². The van der Waals surface area contributed by atoms with E-state index < -0.39 is 0 Å². The number of fused-ring (bicyclic) bond motifs is 1. The summed E-state index contributed by atoms with van der Waals surface area (Å²) >= 11 is 0. The van der Waals surface area contributed by atoms with Crippen LogP contribution in [0.2, 0.25) is 0 Å². The van der Waals surface area contributed by atoms with Crippen LogP contribution in [0, 0.1) is 5.92 Å². The van der Waals surface area contributed by atoms with Gasteiger partial charge in [-0.05, 0) is 43.7 Å². The van der Waals surface area contributed by atoms with Gasteiger partial charge in [-0.3, -0.25) is 0 Å². The smallest absolute Gasteiger partial charge is 0.319 e. The van der Waals surface area contributed by atoms with Gasteiger partial charge in [0.1, 0.15) is 11.6 Å². The number of urea groups is 1. The van der Waals surface area contributed by atoms with Gasteiger partial charge in [0.25, 0.3) is 0 Å². The molecule has 2 saturated heterocycles. The van der Waals surface area contributed by atoms with Crippen LogP contribution < -0.4 is 16.2 Å². The summed E-state index contributed by atoms with van der Waals surface area (Å²) in [5.41, 5.74) is 12.4. The number of nitrogen functional groups attached to an aromatic ring is 2. The average Bonchev–Trinajstić information content (AvgIpc) is 3.20. The van der Waals surface area contributed by atoms with Gasteiger partial charge in [0.15, 0.2) is 0 Å². The Hall–Kier alpha value is -2.77. The Kier molecular flexibility index (Phi) is 4.87. The van der Waals surface area contributed by atoms with Gasteiger partial charge >= 0.3 is 6.03 Å². The predicted molar refractivity (Wildman–Crippen MR) is 104 cm³/mol. The van der Waals surface area contributed by atoms with Crippen LogP contribution in [0.4, 0.5) is 16.6 Å². The molecule has 1 aromatic carbocycles. The molecule has 0 unspecified atom stereocenters. The first-order valence-corrected chi connectivity index (χ1v) is 9.60. The van der Waals surface area contributed by atoms with Crippen molar-refractivity contribution in [3.05, 3.63) is 18.2 Å². The van der Waals surface area contributed by atoms with Gasteiger partial charge in [0, 0.05) is 26.2 Å². The molecule has 2 aliphatic heterocycles. The molecule has 4 N–H and O–H groups in total. The lowest BCUT2D eigenvalue weighted by molar-refractivity contribution is 0.125. The van der Waals surface area contributed by atoms with E-state index in [9.17, 15) is 4.79 Å².